The van der Waals surface area contributed by atoms with Gasteiger partial charge in [0.2, 0.25) is 0 Å². The Morgan fingerprint density at radius 1 is 1.29 bits per heavy atom. The van der Waals surface area contributed by atoms with Crippen molar-refractivity contribution >= 4 is 0 Å². The molecule has 0 saturated heterocycles. The molecule has 17 heavy (non-hydrogen) atoms. The Morgan fingerprint density at radius 3 is 2.88 bits per heavy atom. The summed E-state index contributed by atoms with van der Waals surface area (Å²) in [5.41, 5.74) is 1.12. The molecule has 0 amide bonds. The second-order valence-electron chi connectivity index (χ2n) is 4.42. The maximum Gasteiger partial charge on any atom is 0.0949 e. The van der Waals surface area contributed by atoms with E-state index in [9.17, 15) is 0 Å². The Labute approximate surface area is 104 Å². The number of aliphatic hydroxyl groups excluding tert-OH is 1. The van der Waals surface area contributed by atoms with E-state index in [0.29, 0.717) is 6.61 Å². The van der Waals surface area contributed by atoms with Crippen LogP contribution >= 0.6 is 0 Å². The quantitative estimate of drug-likeness (QED) is 0.613. The maximum absolute atomic E-state index is 8.67. The molecule has 0 aliphatic rings. The van der Waals surface area contributed by atoms with Gasteiger partial charge in [-0.1, -0.05) is 19.8 Å². The van der Waals surface area contributed by atoms with Crippen LogP contribution in [-0.4, -0.2) is 27.8 Å². The summed E-state index contributed by atoms with van der Waals surface area (Å²) in [6.07, 6.45) is 9.59. The largest absolute Gasteiger partial charge is 0.396 e. The van der Waals surface area contributed by atoms with Crippen molar-refractivity contribution in [1.82, 2.24) is 14.9 Å². The minimum Gasteiger partial charge on any atom is -0.396 e. The van der Waals surface area contributed by atoms with Crippen LogP contribution in [0.4, 0.5) is 0 Å². The molecule has 0 atom stereocenters. The number of nitrogens with zero attached hydrogens (tertiary/aromatic N) is 2. The van der Waals surface area contributed by atoms with E-state index >= 15 is 0 Å². The molecule has 0 aliphatic heterocycles. The Balaban J connectivity index is 2.12. The van der Waals surface area contributed by atoms with Crippen molar-refractivity contribution in [2.24, 2.45) is 0 Å². The number of nitrogens with one attached hydrogen (secondary N) is 1. The summed E-state index contributed by atoms with van der Waals surface area (Å²) in [5, 5.41) is 12.0. The van der Waals surface area contributed by atoms with Crippen LogP contribution in [0.3, 0.4) is 0 Å². The number of hydrogen-bond donors (Lipinski definition) is 2. The van der Waals surface area contributed by atoms with Gasteiger partial charge in [-0.3, -0.25) is 0 Å². The summed E-state index contributed by atoms with van der Waals surface area (Å²) >= 11 is 0. The highest BCUT2D eigenvalue weighted by molar-refractivity contribution is 4.95. The number of imidazole rings is 1. The smallest absolute Gasteiger partial charge is 0.0949 e. The molecule has 0 fully saturated rings. The van der Waals surface area contributed by atoms with Crippen molar-refractivity contribution in [3.8, 4) is 0 Å². The molecule has 0 aliphatic carbocycles. The molecule has 0 aromatic carbocycles. The lowest BCUT2D eigenvalue weighted by atomic mass is 10.2. The third-order valence-corrected chi connectivity index (χ3v) is 2.74. The van der Waals surface area contributed by atoms with Gasteiger partial charge in [-0.25, -0.2) is 4.98 Å². The van der Waals surface area contributed by atoms with E-state index in [2.05, 4.69) is 28.0 Å². The highest BCUT2D eigenvalue weighted by atomic mass is 16.2. The SMILES string of the molecule is CCCNCc1cn(CCCCCCO)cn1. The molecular formula is C13H25N3O. The molecule has 4 heteroatoms. The number of aromatic nitrogens is 2. The summed E-state index contributed by atoms with van der Waals surface area (Å²) in [6.45, 7) is 5.43. The van der Waals surface area contributed by atoms with Crippen LogP contribution < -0.4 is 5.32 Å². The molecule has 1 rings (SSSR count). The zero-order valence-electron chi connectivity index (χ0n) is 10.9. The van der Waals surface area contributed by atoms with Crippen LogP contribution in [0.5, 0.6) is 0 Å². The van der Waals surface area contributed by atoms with Crippen LogP contribution in [0.1, 0.15) is 44.7 Å². The van der Waals surface area contributed by atoms with Crippen molar-refractivity contribution in [3.63, 3.8) is 0 Å². The van der Waals surface area contributed by atoms with Gasteiger partial charge in [-0.2, -0.15) is 0 Å². The van der Waals surface area contributed by atoms with Crippen LogP contribution in [-0.2, 0) is 13.1 Å². The lowest BCUT2D eigenvalue weighted by molar-refractivity contribution is 0.282. The van der Waals surface area contributed by atoms with Crippen molar-refractivity contribution in [3.05, 3.63) is 18.2 Å². The van der Waals surface area contributed by atoms with E-state index in [-0.39, 0.29) is 0 Å². The number of aliphatic hydroxyl groups is 1. The Kier molecular flexibility index (Phi) is 7.67. The van der Waals surface area contributed by atoms with Gasteiger partial charge >= 0.3 is 0 Å². The second kappa shape index (κ2) is 9.19. The van der Waals surface area contributed by atoms with Gasteiger partial charge in [0.05, 0.1) is 12.0 Å². The minimum atomic E-state index is 0.318. The lowest BCUT2D eigenvalue weighted by Gasteiger charge is -2.01. The topological polar surface area (TPSA) is 50.1 Å². The summed E-state index contributed by atoms with van der Waals surface area (Å²) in [7, 11) is 0. The maximum atomic E-state index is 8.67. The molecule has 2 N–H and O–H groups in total. The molecule has 0 saturated carbocycles. The second-order valence-corrected chi connectivity index (χ2v) is 4.42. The van der Waals surface area contributed by atoms with Gasteiger partial charge in [-0.05, 0) is 25.8 Å². The van der Waals surface area contributed by atoms with Gasteiger partial charge in [0.1, 0.15) is 0 Å². The van der Waals surface area contributed by atoms with E-state index in [1.165, 1.54) is 6.42 Å². The monoisotopic (exact) mass is 239 g/mol. The zero-order chi connectivity index (χ0) is 12.3. The van der Waals surface area contributed by atoms with Crippen molar-refractivity contribution in [2.75, 3.05) is 13.2 Å². The average molecular weight is 239 g/mol. The van der Waals surface area contributed by atoms with Crippen molar-refractivity contribution in [1.29, 1.82) is 0 Å². The third kappa shape index (κ3) is 6.44. The predicted molar refractivity (Wildman–Crippen MR) is 69.8 cm³/mol. The molecule has 0 bridgehead atoms. The first-order valence-corrected chi connectivity index (χ1v) is 6.69. The molecular weight excluding hydrogens is 214 g/mol. The fraction of sp³-hybridized carbons (Fsp3) is 0.769. The first-order valence-electron chi connectivity index (χ1n) is 6.69. The fourth-order valence-corrected chi connectivity index (χ4v) is 1.77. The number of hydrogen-bond acceptors (Lipinski definition) is 3. The van der Waals surface area contributed by atoms with E-state index in [1.807, 2.05) is 6.33 Å². The highest BCUT2D eigenvalue weighted by Gasteiger charge is 1.98. The molecule has 0 radical (unpaired) electrons. The van der Waals surface area contributed by atoms with Crippen LogP contribution in [0.15, 0.2) is 12.5 Å². The van der Waals surface area contributed by atoms with Gasteiger partial charge in [0.25, 0.3) is 0 Å². The van der Waals surface area contributed by atoms with Crippen molar-refractivity contribution < 1.29 is 5.11 Å². The number of rotatable bonds is 10. The van der Waals surface area contributed by atoms with E-state index in [4.69, 9.17) is 5.11 Å². The summed E-state index contributed by atoms with van der Waals surface area (Å²) in [5.74, 6) is 0. The lowest BCUT2D eigenvalue weighted by Crippen LogP contribution is -2.13. The molecule has 0 unspecified atom stereocenters. The zero-order valence-corrected chi connectivity index (χ0v) is 10.9. The summed E-state index contributed by atoms with van der Waals surface area (Å²) in [4.78, 5) is 4.36. The standard InChI is InChI=1S/C13H25N3O/c1-2-7-14-10-13-11-16(12-15-13)8-5-3-4-6-9-17/h11-12,14,17H,2-10H2,1H3. The van der Waals surface area contributed by atoms with Gasteiger partial charge in [0.15, 0.2) is 0 Å². The van der Waals surface area contributed by atoms with Gasteiger partial charge < -0.3 is 15.0 Å². The predicted octanol–water partition coefficient (Wildman–Crippen LogP) is 1.94. The molecule has 1 aromatic rings. The van der Waals surface area contributed by atoms with E-state index in [0.717, 1.165) is 51.0 Å². The molecule has 98 valence electrons. The highest BCUT2D eigenvalue weighted by Crippen LogP contribution is 2.03. The first kappa shape index (κ1) is 14.2. The van der Waals surface area contributed by atoms with Crippen LogP contribution in [0.2, 0.25) is 0 Å². The molecule has 4 nitrogen and oxygen atoms in total. The van der Waals surface area contributed by atoms with Crippen molar-refractivity contribution in [2.45, 2.75) is 52.1 Å². The van der Waals surface area contributed by atoms with E-state index in [1.54, 1.807) is 0 Å². The van der Waals surface area contributed by atoms with Crippen LogP contribution in [0.25, 0.3) is 0 Å². The first-order chi connectivity index (χ1) is 8.36. The summed E-state index contributed by atoms with van der Waals surface area (Å²) < 4.78 is 2.15. The number of unbranched alkanes of at least 4 members (excludes halogenated alkanes) is 3. The fourth-order valence-electron chi connectivity index (χ4n) is 1.77. The average Bonchev–Trinajstić information content (AvgIpc) is 2.77. The van der Waals surface area contributed by atoms with Crippen LogP contribution in [0, 0.1) is 0 Å². The third-order valence-electron chi connectivity index (χ3n) is 2.74. The minimum absolute atomic E-state index is 0.318. The van der Waals surface area contributed by atoms with E-state index < -0.39 is 0 Å². The Morgan fingerprint density at radius 2 is 2.12 bits per heavy atom. The van der Waals surface area contributed by atoms with Gasteiger partial charge in [-0.15, -0.1) is 0 Å². The molecule has 0 spiro atoms. The Hall–Kier alpha value is -0.870. The number of aryl methyl sites for hydroxylation is 1. The Bertz CT molecular complexity index is 286. The molecule has 1 heterocycles. The van der Waals surface area contributed by atoms with Gasteiger partial charge in [0, 0.05) is 25.9 Å². The molecule has 1 aromatic heterocycles. The normalized spacial score (nSPS) is 10.9. The summed E-state index contributed by atoms with van der Waals surface area (Å²) in [6, 6.07) is 0.